The number of anilines is 4. The molecule has 0 unspecified atom stereocenters. The van der Waals surface area contributed by atoms with Crippen molar-refractivity contribution in [2.45, 2.75) is 19.8 Å². The van der Waals surface area contributed by atoms with E-state index in [4.69, 9.17) is 5.73 Å². The molecule has 0 amide bonds. The minimum atomic E-state index is 0.666. The van der Waals surface area contributed by atoms with Crippen LogP contribution in [-0.2, 0) is 0 Å². The lowest BCUT2D eigenvalue weighted by Gasteiger charge is -2.27. The Balaban J connectivity index is 1.82. The maximum atomic E-state index is 6.51. The zero-order chi connectivity index (χ0) is 17.2. The minimum absolute atomic E-state index is 0.666. The predicted molar refractivity (Wildman–Crippen MR) is 105 cm³/mol. The van der Waals surface area contributed by atoms with E-state index in [1.165, 1.54) is 23.6 Å². The second-order valence-electron chi connectivity index (χ2n) is 6.37. The topological polar surface area (TPSA) is 58.3 Å². The largest absolute Gasteiger partial charge is 0.393 e. The van der Waals surface area contributed by atoms with Crippen LogP contribution < -0.4 is 15.5 Å². The van der Waals surface area contributed by atoms with Crippen molar-refractivity contribution in [3.63, 3.8) is 0 Å². The predicted octanol–water partition coefficient (Wildman–Crippen LogP) is 3.97. The molecule has 1 aromatic heterocycles. The summed E-state index contributed by atoms with van der Waals surface area (Å²) in [6.45, 7) is 4.94. The molecule has 0 bridgehead atoms. The summed E-state index contributed by atoms with van der Waals surface area (Å²) in [4.78, 5) is 13.4. The van der Waals surface area contributed by atoms with Gasteiger partial charge in [0, 0.05) is 25.0 Å². The molecule has 0 aliphatic carbocycles. The van der Waals surface area contributed by atoms with Crippen LogP contribution in [0.2, 0.25) is 0 Å². The number of benzene rings is 2. The standard InChI is InChI=1S/C20H23N5/c1-2-25(17-11-7-9-15-8-3-4-10-16(15)17)20-18(21)19(22-14-23-20)24-12-5-6-13-24/h3-4,7-11,14H,2,5-6,12-13,21H2,1H3. The molecular weight excluding hydrogens is 310 g/mol. The van der Waals surface area contributed by atoms with E-state index in [1.807, 2.05) is 0 Å². The van der Waals surface area contributed by atoms with Gasteiger partial charge in [-0.3, -0.25) is 0 Å². The van der Waals surface area contributed by atoms with Gasteiger partial charge < -0.3 is 15.5 Å². The molecule has 25 heavy (non-hydrogen) atoms. The third-order valence-electron chi connectivity index (χ3n) is 4.88. The molecule has 2 aromatic carbocycles. The van der Waals surface area contributed by atoms with Gasteiger partial charge in [-0.25, -0.2) is 9.97 Å². The van der Waals surface area contributed by atoms with Crippen molar-refractivity contribution < 1.29 is 0 Å². The summed E-state index contributed by atoms with van der Waals surface area (Å²) in [7, 11) is 0. The number of nitrogens with two attached hydrogens (primary N) is 1. The highest BCUT2D eigenvalue weighted by molar-refractivity contribution is 5.97. The van der Waals surface area contributed by atoms with Gasteiger partial charge in [0.1, 0.15) is 12.0 Å². The first kappa shape index (κ1) is 15.7. The fourth-order valence-corrected chi connectivity index (χ4v) is 3.65. The Morgan fingerprint density at radius 1 is 1.04 bits per heavy atom. The SMILES string of the molecule is CCN(c1ncnc(N2CCCC2)c1N)c1cccc2ccccc12. The summed E-state index contributed by atoms with van der Waals surface area (Å²) in [5.41, 5.74) is 8.30. The molecule has 5 nitrogen and oxygen atoms in total. The van der Waals surface area contributed by atoms with Crippen LogP contribution in [0.15, 0.2) is 48.8 Å². The third kappa shape index (κ3) is 2.76. The van der Waals surface area contributed by atoms with Gasteiger partial charge in [-0.1, -0.05) is 36.4 Å². The van der Waals surface area contributed by atoms with E-state index in [1.54, 1.807) is 6.33 Å². The number of hydrogen-bond acceptors (Lipinski definition) is 5. The van der Waals surface area contributed by atoms with Gasteiger partial charge >= 0.3 is 0 Å². The lowest BCUT2D eigenvalue weighted by Crippen LogP contribution is -2.24. The molecule has 0 radical (unpaired) electrons. The van der Waals surface area contributed by atoms with Crippen molar-refractivity contribution >= 4 is 33.8 Å². The highest BCUT2D eigenvalue weighted by Gasteiger charge is 2.22. The van der Waals surface area contributed by atoms with Gasteiger partial charge in [0.25, 0.3) is 0 Å². The van der Waals surface area contributed by atoms with Crippen LogP contribution in [0.25, 0.3) is 10.8 Å². The smallest absolute Gasteiger partial charge is 0.161 e. The number of hydrogen-bond donors (Lipinski definition) is 1. The van der Waals surface area contributed by atoms with Crippen molar-refractivity contribution in [2.24, 2.45) is 0 Å². The van der Waals surface area contributed by atoms with Crippen molar-refractivity contribution in [3.8, 4) is 0 Å². The van der Waals surface area contributed by atoms with Crippen molar-refractivity contribution in [1.82, 2.24) is 9.97 Å². The summed E-state index contributed by atoms with van der Waals surface area (Å²) >= 11 is 0. The summed E-state index contributed by atoms with van der Waals surface area (Å²) in [6.07, 6.45) is 4.02. The fraction of sp³-hybridized carbons (Fsp3) is 0.300. The zero-order valence-electron chi connectivity index (χ0n) is 14.5. The average Bonchev–Trinajstić information content (AvgIpc) is 3.18. The molecule has 4 rings (SSSR count). The van der Waals surface area contributed by atoms with Gasteiger partial charge in [0.15, 0.2) is 11.6 Å². The van der Waals surface area contributed by atoms with Gasteiger partial charge in [-0.05, 0) is 31.2 Å². The minimum Gasteiger partial charge on any atom is -0.393 e. The molecule has 0 spiro atoms. The maximum Gasteiger partial charge on any atom is 0.161 e. The Bertz CT molecular complexity index is 881. The van der Waals surface area contributed by atoms with Gasteiger partial charge in [-0.15, -0.1) is 0 Å². The number of aromatic nitrogens is 2. The molecule has 2 N–H and O–H groups in total. The first-order chi connectivity index (χ1) is 12.3. The lowest BCUT2D eigenvalue weighted by molar-refractivity contribution is 0.918. The Morgan fingerprint density at radius 3 is 2.60 bits per heavy atom. The van der Waals surface area contributed by atoms with E-state index in [-0.39, 0.29) is 0 Å². The van der Waals surface area contributed by atoms with E-state index in [0.29, 0.717) is 5.69 Å². The molecule has 1 fully saturated rings. The van der Waals surface area contributed by atoms with Crippen LogP contribution >= 0.6 is 0 Å². The molecule has 0 atom stereocenters. The quantitative estimate of drug-likeness (QED) is 0.783. The Hall–Kier alpha value is -2.82. The van der Waals surface area contributed by atoms with Crippen molar-refractivity contribution in [3.05, 3.63) is 48.8 Å². The van der Waals surface area contributed by atoms with Gasteiger partial charge in [-0.2, -0.15) is 0 Å². The normalized spacial score (nSPS) is 14.2. The van der Waals surface area contributed by atoms with Crippen LogP contribution in [0.4, 0.5) is 23.0 Å². The van der Waals surface area contributed by atoms with E-state index in [0.717, 1.165) is 37.0 Å². The number of nitrogen functional groups attached to an aromatic ring is 1. The maximum absolute atomic E-state index is 6.51. The summed E-state index contributed by atoms with van der Waals surface area (Å²) in [5, 5.41) is 2.42. The van der Waals surface area contributed by atoms with Crippen LogP contribution in [0, 0.1) is 0 Å². The van der Waals surface area contributed by atoms with Gasteiger partial charge in [0.05, 0.1) is 5.69 Å². The average molecular weight is 333 g/mol. The number of fused-ring (bicyclic) bond motifs is 1. The summed E-state index contributed by atoms with van der Waals surface area (Å²) < 4.78 is 0. The van der Waals surface area contributed by atoms with Crippen LogP contribution in [0.1, 0.15) is 19.8 Å². The molecule has 3 aromatic rings. The van der Waals surface area contributed by atoms with Crippen LogP contribution in [-0.4, -0.2) is 29.6 Å². The molecular formula is C20H23N5. The second-order valence-corrected chi connectivity index (χ2v) is 6.37. The molecule has 1 aliphatic heterocycles. The zero-order valence-corrected chi connectivity index (χ0v) is 14.5. The van der Waals surface area contributed by atoms with E-state index in [9.17, 15) is 0 Å². The Morgan fingerprint density at radius 2 is 1.80 bits per heavy atom. The molecule has 2 heterocycles. The lowest BCUT2D eigenvalue weighted by atomic mass is 10.1. The first-order valence-electron chi connectivity index (χ1n) is 8.90. The fourth-order valence-electron chi connectivity index (χ4n) is 3.65. The summed E-state index contributed by atoms with van der Waals surface area (Å²) in [6, 6.07) is 14.7. The summed E-state index contributed by atoms with van der Waals surface area (Å²) in [5.74, 6) is 1.65. The Labute approximate surface area is 148 Å². The van der Waals surface area contributed by atoms with Crippen molar-refractivity contribution in [1.29, 1.82) is 0 Å². The molecule has 1 aliphatic rings. The van der Waals surface area contributed by atoms with Crippen LogP contribution in [0.5, 0.6) is 0 Å². The van der Waals surface area contributed by atoms with E-state index >= 15 is 0 Å². The highest BCUT2D eigenvalue weighted by atomic mass is 15.3. The van der Waals surface area contributed by atoms with E-state index < -0.39 is 0 Å². The van der Waals surface area contributed by atoms with Crippen molar-refractivity contribution in [2.75, 3.05) is 35.2 Å². The molecule has 0 saturated carbocycles. The van der Waals surface area contributed by atoms with Crippen LogP contribution in [0.3, 0.4) is 0 Å². The molecule has 5 heteroatoms. The van der Waals surface area contributed by atoms with Gasteiger partial charge in [0.2, 0.25) is 0 Å². The molecule has 1 saturated heterocycles. The first-order valence-corrected chi connectivity index (χ1v) is 8.90. The Kier molecular flexibility index (Phi) is 4.14. The molecule has 128 valence electrons. The number of nitrogens with zero attached hydrogens (tertiary/aromatic N) is 4. The monoisotopic (exact) mass is 333 g/mol. The third-order valence-corrected chi connectivity index (χ3v) is 4.88. The number of rotatable bonds is 4. The second kappa shape index (κ2) is 6.59. The highest BCUT2D eigenvalue weighted by Crippen LogP contribution is 2.37. The van der Waals surface area contributed by atoms with E-state index in [2.05, 4.69) is 69.2 Å².